The van der Waals surface area contributed by atoms with Gasteiger partial charge in [0, 0.05) is 5.41 Å². The molecule has 0 saturated heterocycles. The first kappa shape index (κ1) is 14.7. The highest BCUT2D eigenvalue weighted by Gasteiger charge is 2.31. The van der Waals surface area contributed by atoms with Crippen molar-refractivity contribution in [1.29, 1.82) is 0 Å². The maximum absolute atomic E-state index is 12.2. The molecule has 0 amide bonds. The van der Waals surface area contributed by atoms with Gasteiger partial charge in [0.1, 0.15) is 0 Å². The third-order valence-electron chi connectivity index (χ3n) is 2.68. The number of Topliss-reactive ketones (excluding diaryl/α,β-unsaturated/α-hetero) is 1. The molecule has 0 aliphatic rings. The van der Waals surface area contributed by atoms with E-state index in [1.165, 1.54) is 11.9 Å². The summed E-state index contributed by atoms with van der Waals surface area (Å²) in [4.78, 5) is 12.2. The van der Waals surface area contributed by atoms with Gasteiger partial charge < -0.3 is 0 Å². The van der Waals surface area contributed by atoms with Crippen LogP contribution in [0.1, 0.15) is 40.5 Å². The number of carbonyl (C=O) groups excluding carboxylic acids is 1. The van der Waals surface area contributed by atoms with Crippen LogP contribution < -0.4 is 4.72 Å². The Morgan fingerprint density at radius 1 is 1.53 bits per heavy atom. The summed E-state index contributed by atoms with van der Waals surface area (Å²) in [6.07, 6.45) is 3.54. The van der Waals surface area contributed by atoms with E-state index < -0.39 is 0 Å². The lowest BCUT2D eigenvalue weighted by molar-refractivity contribution is -0.128. The maximum Gasteiger partial charge on any atom is 0.156 e. The SMILES string of the molecule is C=C(C)CC(NSC)C(=O)C(C)(C)CC. The standard InChI is InChI=1S/C12H23NOS/c1-7-12(4,5)11(14)10(13-15-6)8-9(2)3/h10,13H,2,7-8H2,1,3-6H3. The van der Waals surface area contributed by atoms with Gasteiger partial charge in [-0.2, -0.15) is 0 Å². The summed E-state index contributed by atoms with van der Waals surface area (Å²) in [5.74, 6) is 0.280. The summed E-state index contributed by atoms with van der Waals surface area (Å²) in [7, 11) is 0. The average molecular weight is 229 g/mol. The highest BCUT2D eigenvalue weighted by molar-refractivity contribution is 7.96. The molecular formula is C12H23NOS. The van der Waals surface area contributed by atoms with Crippen LogP contribution in [0.5, 0.6) is 0 Å². The average Bonchev–Trinajstić information content (AvgIpc) is 2.15. The predicted molar refractivity (Wildman–Crippen MR) is 68.9 cm³/mol. The molecule has 0 fully saturated rings. The zero-order chi connectivity index (χ0) is 12.1. The Bertz CT molecular complexity index is 236. The molecule has 1 unspecified atom stereocenters. The van der Waals surface area contributed by atoms with E-state index in [1.807, 2.05) is 27.0 Å². The second-order valence-corrected chi connectivity index (χ2v) is 5.28. The Morgan fingerprint density at radius 3 is 2.40 bits per heavy atom. The first-order valence-electron chi connectivity index (χ1n) is 5.32. The first-order chi connectivity index (χ1) is 6.85. The van der Waals surface area contributed by atoms with Crippen molar-refractivity contribution in [3.8, 4) is 0 Å². The molecule has 15 heavy (non-hydrogen) atoms. The van der Waals surface area contributed by atoms with E-state index in [1.54, 1.807) is 0 Å². The van der Waals surface area contributed by atoms with Crippen LogP contribution in [0.4, 0.5) is 0 Å². The van der Waals surface area contributed by atoms with E-state index in [4.69, 9.17) is 0 Å². The van der Waals surface area contributed by atoms with Crippen LogP contribution in [0.25, 0.3) is 0 Å². The molecule has 0 heterocycles. The lowest BCUT2D eigenvalue weighted by atomic mass is 9.81. The summed E-state index contributed by atoms with van der Waals surface area (Å²) in [6.45, 7) is 11.9. The van der Waals surface area contributed by atoms with Gasteiger partial charge in [0.15, 0.2) is 5.78 Å². The summed E-state index contributed by atoms with van der Waals surface area (Å²) in [6, 6.07) is -0.104. The monoisotopic (exact) mass is 229 g/mol. The van der Waals surface area contributed by atoms with Gasteiger partial charge in [0.2, 0.25) is 0 Å². The highest BCUT2D eigenvalue weighted by atomic mass is 32.2. The Morgan fingerprint density at radius 2 is 2.07 bits per heavy atom. The molecule has 2 nitrogen and oxygen atoms in total. The van der Waals surface area contributed by atoms with E-state index in [0.29, 0.717) is 0 Å². The molecule has 88 valence electrons. The van der Waals surface area contributed by atoms with Gasteiger partial charge in [-0.3, -0.25) is 9.52 Å². The van der Waals surface area contributed by atoms with Crippen molar-refractivity contribution < 1.29 is 4.79 Å². The fourth-order valence-corrected chi connectivity index (χ4v) is 1.80. The quantitative estimate of drug-likeness (QED) is 0.537. The molecule has 1 atom stereocenters. The van der Waals surface area contributed by atoms with Gasteiger partial charge in [-0.15, -0.1) is 6.58 Å². The molecule has 0 bridgehead atoms. The van der Waals surface area contributed by atoms with Crippen molar-refractivity contribution >= 4 is 17.7 Å². The Labute approximate surface area is 98.0 Å². The number of rotatable bonds is 7. The molecule has 0 aromatic heterocycles. The molecular weight excluding hydrogens is 206 g/mol. The van der Waals surface area contributed by atoms with Crippen LogP contribution in [0.2, 0.25) is 0 Å². The molecule has 0 aliphatic carbocycles. The van der Waals surface area contributed by atoms with Crippen LogP contribution in [0.15, 0.2) is 12.2 Å². The number of carbonyl (C=O) groups is 1. The Balaban J connectivity index is 4.61. The minimum Gasteiger partial charge on any atom is -0.297 e. The van der Waals surface area contributed by atoms with Gasteiger partial charge in [-0.25, -0.2) is 0 Å². The predicted octanol–water partition coefficient (Wildman–Crippen LogP) is 3.19. The van der Waals surface area contributed by atoms with Crippen molar-refractivity contribution in [2.45, 2.75) is 46.6 Å². The van der Waals surface area contributed by atoms with Gasteiger partial charge in [0.25, 0.3) is 0 Å². The summed E-state index contributed by atoms with van der Waals surface area (Å²) in [5, 5.41) is 0. The number of hydrogen-bond donors (Lipinski definition) is 1. The lowest BCUT2D eigenvalue weighted by Crippen LogP contribution is -2.41. The van der Waals surface area contributed by atoms with Gasteiger partial charge in [-0.05, 0) is 26.0 Å². The van der Waals surface area contributed by atoms with Crippen molar-refractivity contribution in [2.24, 2.45) is 5.41 Å². The highest BCUT2D eigenvalue weighted by Crippen LogP contribution is 2.25. The van der Waals surface area contributed by atoms with E-state index in [-0.39, 0.29) is 17.2 Å². The summed E-state index contributed by atoms with van der Waals surface area (Å²) >= 11 is 1.49. The molecule has 1 N–H and O–H groups in total. The van der Waals surface area contributed by atoms with Crippen LogP contribution in [-0.2, 0) is 4.79 Å². The topological polar surface area (TPSA) is 29.1 Å². The third kappa shape index (κ3) is 4.85. The molecule has 0 aromatic carbocycles. The minimum absolute atomic E-state index is 0.104. The molecule has 0 aromatic rings. The van der Waals surface area contributed by atoms with Gasteiger partial charge in [-0.1, -0.05) is 38.3 Å². The molecule has 3 heteroatoms. The fraction of sp³-hybridized carbons (Fsp3) is 0.750. The Kier molecular flexibility index (Phi) is 6.22. The van der Waals surface area contributed by atoms with E-state index in [0.717, 1.165) is 18.4 Å². The van der Waals surface area contributed by atoms with Crippen LogP contribution >= 0.6 is 11.9 Å². The van der Waals surface area contributed by atoms with Crippen LogP contribution in [0.3, 0.4) is 0 Å². The third-order valence-corrected chi connectivity index (χ3v) is 3.20. The molecule has 0 rings (SSSR count). The number of ketones is 1. The Hall–Kier alpha value is -0.280. The van der Waals surface area contributed by atoms with Crippen molar-refractivity contribution in [2.75, 3.05) is 6.26 Å². The van der Waals surface area contributed by atoms with Crippen LogP contribution in [-0.4, -0.2) is 18.1 Å². The van der Waals surface area contributed by atoms with Crippen LogP contribution in [0, 0.1) is 5.41 Å². The van der Waals surface area contributed by atoms with Crippen molar-refractivity contribution in [3.05, 3.63) is 12.2 Å². The first-order valence-corrected chi connectivity index (χ1v) is 6.54. The number of hydrogen-bond acceptors (Lipinski definition) is 3. The second kappa shape index (κ2) is 6.33. The molecule has 0 saturated carbocycles. The lowest BCUT2D eigenvalue weighted by Gasteiger charge is -2.27. The van der Waals surface area contributed by atoms with Crippen molar-refractivity contribution in [3.63, 3.8) is 0 Å². The second-order valence-electron chi connectivity index (χ2n) is 4.64. The normalized spacial score (nSPS) is 13.7. The zero-order valence-corrected chi connectivity index (χ0v) is 11.3. The summed E-state index contributed by atoms with van der Waals surface area (Å²) < 4.78 is 3.16. The van der Waals surface area contributed by atoms with E-state index in [9.17, 15) is 4.79 Å². The maximum atomic E-state index is 12.2. The van der Waals surface area contributed by atoms with Crippen molar-refractivity contribution in [1.82, 2.24) is 4.72 Å². The molecule has 0 spiro atoms. The molecule has 0 radical (unpaired) electrons. The van der Waals surface area contributed by atoms with E-state index >= 15 is 0 Å². The summed E-state index contributed by atoms with van der Waals surface area (Å²) in [5.41, 5.74) is 0.796. The largest absolute Gasteiger partial charge is 0.297 e. The smallest absolute Gasteiger partial charge is 0.156 e. The molecule has 0 aliphatic heterocycles. The minimum atomic E-state index is -0.247. The zero-order valence-electron chi connectivity index (χ0n) is 10.5. The van der Waals surface area contributed by atoms with Gasteiger partial charge in [0.05, 0.1) is 6.04 Å². The fourth-order valence-electron chi connectivity index (χ4n) is 1.32. The van der Waals surface area contributed by atoms with E-state index in [2.05, 4.69) is 18.2 Å². The number of nitrogens with one attached hydrogen (secondary N) is 1. The van der Waals surface area contributed by atoms with Gasteiger partial charge >= 0.3 is 0 Å².